The number of nitrogens with zero attached hydrogens (tertiary/aromatic N) is 2. The Morgan fingerprint density at radius 1 is 1.29 bits per heavy atom. The average Bonchev–Trinajstić information content (AvgIpc) is 2.28. The lowest BCUT2D eigenvalue weighted by Crippen LogP contribution is -2.41. The summed E-state index contributed by atoms with van der Waals surface area (Å²) in [5.74, 6) is 0. The lowest BCUT2D eigenvalue weighted by Gasteiger charge is -2.36. The monoisotopic (exact) mass is 274 g/mol. The van der Waals surface area contributed by atoms with Gasteiger partial charge in [-0.25, -0.2) is 0 Å². The molecule has 0 bridgehead atoms. The maximum absolute atomic E-state index is 10.5. The largest absolute Gasteiger partial charge is 0.369 e. The van der Waals surface area contributed by atoms with Crippen LogP contribution in [0.1, 0.15) is 12.8 Å². The van der Waals surface area contributed by atoms with E-state index >= 15 is 0 Å². The molecule has 92 valence electrons. The molecule has 0 unspecified atom stereocenters. The number of alkyl halides is 2. The summed E-state index contributed by atoms with van der Waals surface area (Å²) in [6.45, 7) is 1.42. The van der Waals surface area contributed by atoms with E-state index < -0.39 is 9.26 Å². The number of benzene rings is 1. The summed E-state index contributed by atoms with van der Waals surface area (Å²) in [7, 11) is 0. The van der Waals surface area contributed by atoms with Gasteiger partial charge in [0.2, 0.25) is 0 Å². The highest BCUT2D eigenvalue weighted by Crippen LogP contribution is 2.34. The quantitative estimate of drug-likeness (QED) is 0.472. The maximum Gasteiger partial charge on any atom is 0.269 e. The number of nitro benzene ring substituents is 1. The van der Waals surface area contributed by atoms with Gasteiger partial charge in [0.05, 0.1) is 11.5 Å². The van der Waals surface area contributed by atoms with E-state index in [0.29, 0.717) is 6.54 Å². The molecule has 0 amide bonds. The normalized spacial score (nSPS) is 19.1. The minimum absolute atomic E-state index is 0.0915. The second kappa shape index (κ2) is 4.70. The number of anilines is 1. The van der Waals surface area contributed by atoms with Gasteiger partial charge in [-0.05, 0) is 25.0 Å². The molecule has 2 rings (SSSR count). The Labute approximate surface area is 109 Å². The summed E-state index contributed by atoms with van der Waals surface area (Å²) in [5, 5.41) is 10.5. The fraction of sp³-hybridized carbons (Fsp3) is 0.455. The molecule has 0 spiro atoms. The zero-order valence-electron chi connectivity index (χ0n) is 9.10. The highest BCUT2D eigenvalue weighted by atomic mass is 35.5. The summed E-state index contributed by atoms with van der Waals surface area (Å²) in [4.78, 5) is 12.2. The van der Waals surface area contributed by atoms with Crippen molar-refractivity contribution >= 4 is 34.6 Å². The van der Waals surface area contributed by atoms with Gasteiger partial charge in [0, 0.05) is 24.4 Å². The fourth-order valence-electron chi connectivity index (χ4n) is 1.97. The summed E-state index contributed by atoms with van der Waals surface area (Å²) < 4.78 is -0.722. The molecule has 0 N–H and O–H groups in total. The zero-order valence-corrected chi connectivity index (χ0v) is 10.6. The van der Waals surface area contributed by atoms with Crippen LogP contribution in [0.3, 0.4) is 0 Å². The van der Waals surface area contributed by atoms with E-state index in [0.717, 1.165) is 25.1 Å². The summed E-state index contributed by atoms with van der Waals surface area (Å²) in [6, 6.07) is 6.45. The number of non-ortho nitro benzene ring substituents is 1. The Kier molecular flexibility index (Phi) is 3.45. The Morgan fingerprint density at radius 3 is 2.47 bits per heavy atom. The molecule has 0 aromatic heterocycles. The Morgan fingerprint density at radius 2 is 1.94 bits per heavy atom. The third-order valence-corrected chi connectivity index (χ3v) is 3.44. The zero-order chi connectivity index (χ0) is 12.5. The van der Waals surface area contributed by atoms with Crippen LogP contribution in [0.25, 0.3) is 0 Å². The van der Waals surface area contributed by atoms with Crippen LogP contribution in [0.15, 0.2) is 24.3 Å². The van der Waals surface area contributed by atoms with E-state index in [-0.39, 0.29) is 5.69 Å². The van der Waals surface area contributed by atoms with Crippen molar-refractivity contribution < 1.29 is 4.92 Å². The molecule has 1 fully saturated rings. The van der Waals surface area contributed by atoms with Gasteiger partial charge in [-0.3, -0.25) is 10.1 Å². The number of hydrogen-bond donors (Lipinski definition) is 0. The van der Waals surface area contributed by atoms with Crippen LogP contribution in [0.2, 0.25) is 0 Å². The van der Waals surface area contributed by atoms with Gasteiger partial charge in [0.25, 0.3) is 5.69 Å². The smallest absolute Gasteiger partial charge is 0.269 e. The van der Waals surface area contributed by atoms with Crippen molar-refractivity contribution in [1.82, 2.24) is 0 Å². The second-order valence-corrected chi connectivity index (χ2v) is 5.80. The van der Waals surface area contributed by atoms with Crippen LogP contribution in [0, 0.1) is 10.1 Å². The third kappa shape index (κ3) is 3.01. The van der Waals surface area contributed by atoms with Crippen molar-refractivity contribution in [3.8, 4) is 0 Å². The van der Waals surface area contributed by atoms with Crippen molar-refractivity contribution in [2.24, 2.45) is 0 Å². The molecule has 0 saturated carbocycles. The first-order chi connectivity index (χ1) is 7.98. The van der Waals surface area contributed by atoms with Crippen LogP contribution >= 0.6 is 23.2 Å². The highest BCUT2D eigenvalue weighted by molar-refractivity contribution is 6.48. The van der Waals surface area contributed by atoms with Crippen molar-refractivity contribution in [2.45, 2.75) is 17.2 Å². The van der Waals surface area contributed by atoms with E-state index in [9.17, 15) is 10.1 Å². The average molecular weight is 275 g/mol. The van der Waals surface area contributed by atoms with Crippen LogP contribution in [-0.4, -0.2) is 22.3 Å². The first-order valence-electron chi connectivity index (χ1n) is 5.35. The molecule has 0 radical (unpaired) electrons. The van der Waals surface area contributed by atoms with Crippen molar-refractivity contribution in [3.63, 3.8) is 0 Å². The number of piperidine rings is 1. The Balaban J connectivity index is 2.14. The van der Waals surface area contributed by atoms with E-state index in [1.165, 1.54) is 12.1 Å². The van der Waals surface area contributed by atoms with Crippen molar-refractivity contribution in [3.05, 3.63) is 34.4 Å². The third-order valence-electron chi connectivity index (χ3n) is 2.82. The van der Waals surface area contributed by atoms with E-state index in [4.69, 9.17) is 23.2 Å². The molecule has 4 nitrogen and oxygen atoms in total. The fourth-order valence-corrected chi connectivity index (χ4v) is 2.53. The molecule has 0 atom stereocenters. The molecular formula is C11H12Cl2N2O2. The van der Waals surface area contributed by atoms with Crippen LogP contribution < -0.4 is 4.90 Å². The maximum atomic E-state index is 10.5. The van der Waals surface area contributed by atoms with Crippen LogP contribution in [-0.2, 0) is 0 Å². The summed E-state index contributed by atoms with van der Waals surface area (Å²) in [5.41, 5.74) is 1.01. The topological polar surface area (TPSA) is 46.4 Å². The van der Waals surface area contributed by atoms with Crippen LogP contribution in [0.5, 0.6) is 0 Å². The predicted molar refractivity (Wildman–Crippen MR) is 69.0 cm³/mol. The number of halogens is 2. The minimum Gasteiger partial charge on any atom is -0.369 e. The van der Waals surface area contributed by atoms with Crippen molar-refractivity contribution in [1.29, 1.82) is 0 Å². The molecule has 0 aliphatic carbocycles. The van der Waals surface area contributed by atoms with Gasteiger partial charge < -0.3 is 4.90 Å². The second-order valence-electron chi connectivity index (χ2n) is 4.15. The summed E-state index contributed by atoms with van der Waals surface area (Å²) in [6.07, 6.45) is 1.70. The lowest BCUT2D eigenvalue weighted by molar-refractivity contribution is -0.384. The molecular weight excluding hydrogens is 263 g/mol. The van der Waals surface area contributed by atoms with Gasteiger partial charge in [-0.2, -0.15) is 0 Å². The first-order valence-corrected chi connectivity index (χ1v) is 6.11. The van der Waals surface area contributed by atoms with Gasteiger partial charge in [-0.1, -0.05) is 23.2 Å². The first kappa shape index (κ1) is 12.5. The molecule has 6 heteroatoms. The number of nitro groups is 1. The molecule has 17 heavy (non-hydrogen) atoms. The molecule has 1 aliphatic heterocycles. The van der Waals surface area contributed by atoms with Crippen molar-refractivity contribution in [2.75, 3.05) is 18.0 Å². The summed E-state index contributed by atoms with van der Waals surface area (Å²) >= 11 is 12.2. The SMILES string of the molecule is O=[N+]([O-])c1ccc(N2CCCC(Cl)(Cl)C2)cc1. The van der Waals surface area contributed by atoms with Gasteiger partial charge in [-0.15, -0.1) is 0 Å². The number of rotatable bonds is 2. The molecule has 1 heterocycles. The predicted octanol–water partition coefficient (Wildman–Crippen LogP) is 3.37. The van der Waals surface area contributed by atoms with Crippen LogP contribution in [0.4, 0.5) is 11.4 Å². The highest BCUT2D eigenvalue weighted by Gasteiger charge is 2.31. The number of hydrogen-bond acceptors (Lipinski definition) is 3. The standard InChI is InChI=1S/C11H12Cl2N2O2/c12-11(13)6-1-7-14(8-11)9-2-4-10(5-3-9)15(16)17/h2-5H,1,6-8H2. The van der Waals surface area contributed by atoms with Gasteiger partial charge in [0.15, 0.2) is 0 Å². The molecule has 1 aromatic carbocycles. The van der Waals surface area contributed by atoms with E-state index in [1.54, 1.807) is 12.1 Å². The van der Waals surface area contributed by atoms with E-state index in [1.807, 2.05) is 4.90 Å². The molecule has 1 aliphatic rings. The molecule has 1 aromatic rings. The Bertz CT molecular complexity index is 420. The Hall–Kier alpha value is -1.00. The van der Waals surface area contributed by atoms with Gasteiger partial charge in [0.1, 0.15) is 4.33 Å². The minimum atomic E-state index is -0.722. The lowest BCUT2D eigenvalue weighted by atomic mass is 10.1. The molecule has 1 saturated heterocycles. The van der Waals surface area contributed by atoms with Gasteiger partial charge >= 0.3 is 0 Å². The van der Waals surface area contributed by atoms with E-state index in [2.05, 4.69) is 0 Å².